The maximum absolute atomic E-state index is 13.1. The van der Waals surface area contributed by atoms with E-state index in [-0.39, 0.29) is 6.61 Å². The number of allylic oxidation sites excluding steroid dienone is 2. The molecule has 0 aromatic rings. The number of alkyl halides is 1. The number of hydrogen-bond acceptors (Lipinski definition) is 6. The zero-order valence-electron chi connectivity index (χ0n) is 20.1. The molecule has 2 N–H and O–H groups in total. The first kappa shape index (κ1) is 29.9. The molecule has 0 fully saturated rings. The quantitative estimate of drug-likeness (QED) is 0.165. The number of hydrogen-bond donors (Lipinski definition) is 2. The van der Waals surface area contributed by atoms with Gasteiger partial charge in [0, 0.05) is 5.92 Å². The Morgan fingerprint density at radius 2 is 1.79 bits per heavy atom. The first-order valence-electron chi connectivity index (χ1n) is 12.4. The van der Waals surface area contributed by atoms with Crippen molar-refractivity contribution in [2.45, 2.75) is 102 Å². The normalized spacial score (nSPS) is 23.4. The Labute approximate surface area is 207 Å². The molecule has 3 atom stereocenters. The summed E-state index contributed by atoms with van der Waals surface area (Å²) in [7, 11) is 0. The Kier molecular flexibility index (Phi) is 14.6. The van der Waals surface area contributed by atoms with Gasteiger partial charge < -0.3 is 19.7 Å². The molecule has 0 amide bonds. The molecular weight excluding hydrogens is 464 g/mol. The third-order valence-electron chi connectivity index (χ3n) is 5.99. The van der Waals surface area contributed by atoms with Crippen LogP contribution in [0.3, 0.4) is 0 Å². The predicted molar refractivity (Wildman–Crippen MR) is 127 cm³/mol. The monoisotopic (exact) mass is 502 g/mol. The van der Waals surface area contributed by atoms with Gasteiger partial charge in [-0.05, 0) is 32.1 Å². The SMILES string of the molecule is CCCCCCC1CC=CCCCCCCCOC(=O)C1(Cl)OC(=O)CC(CC(=O)O)C(=O)O. The Bertz CT molecular complexity index is 692. The largest absolute Gasteiger partial charge is 0.481 e. The molecule has 1 heterocycles. The van der Waals surface area contributed by atoms with E-state index in [4.69, 9.17) is 26.2 Å². The molecule has 0 aromatic heterocycles. The number of carbonyl (C=O) groups excluding carboxylic acids is 2. The van der Waals surface area contributed by atoms with Gasteiger partial charge in [-0.25, -0.2) is 4.79 Å². The van der Waals surface area contributed by atoms with E-state index in [1.165, 1.54) is 0 Å². The van der Waals surface area contributed by atoms with Crippen LogP contribution in [0.1, 0.15) is 96.8 Å². The van der Waals surface area contributed by atoms with Gasteiger partial charge >= 0.3 is 23.9 Å². The van der Waals surface area contributed by atoms with Crippen LogP contribution >= 0.6 is 11.6 Å². The van der Waals surface area contributed by atoms with E-state index in [0.717, 1.165) is 57.8 Å². The molecule has 0 aliphatic carbocycles. The van der Waals surface area contributed by atoms with Gasteiger partial charge in [-0.15, -0.1) is 0 Å². The maximum Gasteiger partial charge on any atom is 0.367 e. The number of unbranched alkanes of at least 4 members (excludes halogenated alkanes) is 3. The van der Waals surface area contributed by atoms with Crippen molar-refractivity contribution in [3.05, 3.63) is 12.2 Å². The van der Waals surface area contributed by atoms with E-state index in [1.807, 2.05) is 12.2 Å². The number of cyclic esters (lactones) is 1. The molecule has 0 bridgehead atoms. The van der Waals surface area contributed by atoms with Crippen LogP contribution in [0.15, 0.2) is 12.2 Å². The van der Waals surface area contributed by atoms with Crippen LogP contribution in [0.4, 0.5) is 0 Å². The Balaban J connectivity index is 3.12. The minimum absolute atomic E-state index is 0.153. The summed E-state index contributed by atoms with van der Waals surface area (Å²) in [5.41, 5.74) is 0. The average Bonchev–Trinajstić information content (AvgIpc) is 2.77. The number of aliphatic carboxylic acids is 2. The van der Waals surface area contributed by atoms with Gasteiger partial charge in [-0.1, -0.05) is 75.6 Å². The summed E-state index contributed by atoms with van der Waals surface area (Å²) in [5.74, 6) is -6.73. The van der Waals surface area contributed by atoms with Gasteiger partial charge in [-0.2, -0.15) is 0 Å². The molecule has 1 aliphatic heterocycles. The van der Waals surface area contributed by atoms with E-state index in [2.05, 4.69) is 6.92 Å². The van der Waals surface area contributed by atoms with Crippen molar-refractivity contribution in [2.75, 3.05) is 6.61 Å². The highest BCUT2D eigenvalue weighted by Crippen LogP contribution is 2.37. The van der Waals surface area contributed by atoms with Crippen molar-refractivity contribution >= 4 is 35.5 Å². The van der Waals surface area contributed by atoms with Crippen LogP contribution in [0, 0.1) is 11.8 Å². The van der Waals surface area contributed by atoms with Crippen LogP contribution in [0.25, 0.3) is 0 Å². The van der Waals surface area contributed by atoms with E-state index in [0.29, 0.717) is 19.3 Å². The highest BCUT2D eigenvalue weighted by molar-refractivity contribution is 6.33. The fourth-order valence-electron chi connectivity index (χ4n) is 3.97. The second kappa shape index (κ2) is 16.5. The number of esters is 2. The zero-order chi connectivity index (χ0) is 25.4. The summed E-state index contributed by atoms with van der Waals surface area (Å²) in [6, 6.07) is 0. The molecule has 0 saturated heterocycles. The van der Waals surface area contributed by atoms with Crippen molar-refractivity contribution in [1.82, 2.24) is 0 Å². The average molecular weight is 503 g/mol. The summed E-state index contributed by atoms with van der Waals surface area (Å²) >= 11 is 6.72. The fraction of sp³-hybridized carbons (Fsp3) is 0.760. The summed E-state index contributed by atoms with van der Waals surface area (Å²) in [6.07, 6.45) is 12.9. The number of carbonyl (C=O) groups is 4. The third kappa shape index (κ3) is 11.4. The molecule has 3 unspecified atom stereocenters. The van der Waals surface area contributed by atoms with Gasteiger partial charge in [0.15, 0.2) is 0 Å². The van der Waals surface area contributed by atoms with E-state index in [9.17, 15) is 24.3 Å². The van der Waals surface area contributed by atoms with E-state index in [1.54, 1.807) is 0 Å². The molecule has 9 heteroatoms. The molecule has 0 aromatic carbocycles. The van der Waals surface area contributed by atoms with Crippen LogP contribution in [0.5, 0.6) is 0 Å². The molecular formula is C25H39ClO8. The third-order valence-corrected chi connectivity index (χ3v) is 6.53. The van der Waals surface area contributed by atoms with Crippen molar-refractivity contribution in [1.29, 1.82) is 0 Å². The van der Waals surface area contributed by atoms with Crippen molar-refractivity contribution in [3.8, 4) is 0 Å². The summed E-state index contributed by atoms with van der Waals surface area (Å²) in [6.45, 7) is 2.24. The van der Waals surface area contributed by atoms with Crippen molar-refractivity contribution in [3.63, 3.8) is 0 Å². The predicted octanol–water partition coefficient (Wildman–Crippen LogP) is 5.46. The minimum Gasteiger partial charge on any atom is -0.481 e. The molecule has 0 spiro atoms. The summed E-state index contributed by atoms with van der Waals surface area (Å²) in [4.78, 5) is 48.1. The number of ether oxygens (including phenoxy) is 2. The second-order valence-corrected chi connectivity index (χ2v) is 9.46. The topological polar surface area (TPSA) is 127 Å². The lowest BCUT2D eigenvalue weighted by Crippen LogP contribution is -2.46. The Morgan fingerprint density at radius 1 is 1.09 bits per heavy atom. The molecule has 0 saturated carbocycles. The van der Waals surface area contributed by atoms with Crippen LogP contribution < -0.4 is 0 Å². The minimum atomic E-state index is -2.11. The molecule has 8 nitrogen and oxygen atoms in total. The Morgan fingerprint density at radius 3 is 2.47 bits per heavy atom. The number of carboxylic acid groups (broad SMARTS) is 2. The fourth-order valence-corrected chi connectivity index (χ4v) is 4.31. The zero-order valence-corrected chi connectivity index (χ0v) is 20.9. The Hall–Kier alpha value is -2.09. The maximum atomic E-state index is 13.1. The van der Waals surface area contributed by atoms with E-state index < -0.39 is 53.6 Å². The molecule has 1 rings (SSSR count). The summed E-state index contributed by atoms with van der Waals surface area (Å²) in [5, 5.41) is 16.1. The van der Waals surface area contributed by atoms with Gasteiger partial charge in [0.1, 0.15) is 0 Å². The molecule has 1 aliphatic rings. The lowest BCUT2D eigenvalue weighted by atomic mass is 9.90. The van der Waals surface area contributed by atoms with Gasteiger partial charge in [0.25, 0.3) is 5.06 Å². The number of carboxylic acids is 2. The van der Waals surface area contributed by atoms with Gasteiger partial charge in [-0.3, -0.25) is 14.4 Å². The van der Waals surface area contributed by atoms with Crippen LogP contribution in [-0.2, 0) is 28.7 Å². The second-order valence-electron chi connectivity index (χ2n) is 8.90. The molecule has 34 heavy (non-hydrogen) atoms. The van der Waals surface area contributed by atoms with Crippen molar-refractivity contribution < 1.29 is 38.9 Å². The van der Waals surface area contributed by atoms with Crippen LogP contribution in [-0.4, -0.2) is 45.8 Å². The first-order valence-corrected chi connectivity index (χ1v) is 12.8. The summed E-state index contributed by atoms with van der Waals surface area (Å²) < 4.78 is 10.8. The number of rotatable bonds is 11. The first-order chi connectivity index (χ1) is 16.2. The molecule has 0 radical (unpaired) electrons. The molecule has 194 valence electrons. The van der Waals surface area contributed by atoms with Crippen molar-refractivity contribution in [2.24, 2.45) is 11.8 Å². The lowest BCUT2D eigenvalue weighted by molar-refractivity contribution is -0.179. The van der Waals surface area contributed by atoms with Gasteiger partial charge in [0.05, 0.1) is 25.4 Å². The lowest BCUT2D eigenvalue weighted by Gasteiger charge is -2.33. The standard InChI is InChI=1S/C25H39ClO8/c1-2-3-4-11-14-20-15-12-9-7-5-6-8-10-13-16-33-24(32)25(20,26)34-22(29)18-19(23(30)31)17-21(27)28/h9,12,19-20H,2-8,10-11,13-18H2,1H3,(H,27,28)(H,30,31). The van der Waals surface area contributed by atoms with Gasteiger partial charge in [0.2, 0.25) is 0 Å². The smallest absolute Gasteiger partial charge is 0.367 e. The highest BCUT2D eigenvalue weighted by Gasteiger charge is 2.49. The van der Waals surface area contributed by atoms with E-state index >= 15 is 0 Å². The van der Waals surface area contributed by atoms with Crippen LogP contribution in [0.2, 0.25) is 0 Å². The number of halogens is 1. The highest BCUT2D eigenvalue weighted by atomic mass is 35.5.